The van der Waals surface area contributed by atoms with Gasteiger partial charge in [0.05, 0.1) is 0 Å². The average molecular weight is 270 g/mol. The number of carbonyl (C=O) groups excluding carboxylic acids is 1. The first-order valence-corrected chi connectivity index (χ1v) is 6.45. The Morgan fingerprint density at radius 1 is 1.15 bits per heavy atom. The van der Waals surface area contributed by atoms with Crippen molar-refractivity contribution in [2.24, 2.45) is 0 Å². The van der Waals surface area contributed by atoms with E-state index in [2.05, 4.69) is 4.98 Å². The molecule has 4 heteroatoms. The largest absolute Gasteiger partial charge is 0.364 e. The lowest BCUT2D eigenvalue weighted by Crippen LogP contribution is -2.31. The molecule has 0 fully saturated rings. The van der Waals surface area contributed by atoms with Crippen LogP contribution in [0.4, 0.5) is 5.69 Å². The van der Waals surface area contributed by atoms with Crippen LogP contribution in [0.3, 0.4) is 0 Å². The van der Waals surface area contributed by atoms with E-state index in [9.17, 15) is 9.59 Å². The fourth-order valence-electron chi connectivity index (χ4n) is 2.21. The highest BCUT2D eigenvalue weighted by molar-refractivity contribution is 6.05. The summed E-state index contributed by atoms with van der Waals surface area (Å²) >= 11 is 0. The van der Waals surface area contributed by atoms with E-state index in [1.54, 1.807) is 14.0 Å². The molecule has 20 heavy (non-hydrogen) atoms. The topological polar surface area (TPSA) is 53.2 Å². The van der Waals surface area contributed by atoms with Gasteiger partial charge < -0.3 is 9.88 Å². The maximum Gasteiger partial charge on any atom is 0.263 e. The number of aromatic nitrogens is 1. The first-order chi connectivity index (χ1) is 9.40. The molecular formula is C16H18N2O2. The van der Waals surface area contributed by atoms with Crippen molar-refractivity contribution in [3.63, 3.8) is 0 Å². The Morgan fingerprint density at radius 2 is 1.85 bits per heavy atom. The zero-order valence-corrected chi connectivity index (χ0v) is 12.2. The van der Waals surface area contributed by atoms with Crippen molar-refractivity contribution in [1.29, 1.82) is 0 Å². The Labute approximate surface area is 118 Å². The van der Waals surface area contributed by atoms with Gasteiger partial charge in [0, 0.05) is 30.7 Å². The highest BCUT2D eigenvalue weighted by Crippen LogP contribution is 2.21. The van der Waals surface area contributed by atoms with Gasteiger partial charge in [0.2, 0.25) is 0 Å². The minimum Gasteiger partial charge on any atom is -0.364 e. The molecule has 1 heterocycles. The van der Waals surface area contributed by atoms with Crippen molar-refractivity contribution in [3.8, 4) is 0 Å². The molecule has 1 amide bonds. The number of hydrogen-bond acceptors (Lipinski definition) is 2. The third-order valence-electron chi connectivity index (χ3n) is 3.31. The Morgan fingerprint density at radius 3 is 2.45 bits per heavy atom. The number of amides is 1. The molecular weight excluding hydrogens is 252 g/mol. The summed E-state index contributed by atoms with van der Waals surface area (Å²) in [6, 6.07) is 7.29. The Hall–Kier alpha value is -2.36. The molecule has 104 valence electrons. The van der Waals surface area contributed by atoms with Gasteiger partial charge in [0.15, 0.2) is 5.43 Å². The molecule has 1 aromatic carbocycles. The van der Waals surface area contributed by atoms with E-state index in [0.29, 0.717) is 0 Å². The van der Waals surface area contributed by atoms with Gasteiger partial charge in [-0.05, 0) is 32.4 Å². The predicted molar refractivity (Wildman–Crippen MR) is 80.4 cm³/mol. The molecule has 0 aliphatic rings. The standard InChI is InChI=1S/C16H18N2O2/c1-10-5-6-14(11(2)7-10)18(4)16(20)13-9-17-12(3)8-15(13)19/h5-9H,1-4H3,(H,17,19). The Bertz CT molecular complexity index is 717. The number of hydrogen-bond donors (Lipinski definition) is 1. The smallest absolute Gasteiger partial charge is 0.263 e. The summed E-state index contributed by atoms with van der Waals surface area (Å²) < 4.78 is 0. The van der Waals surface area contributed by atoms with Gasteiger partial charge in [-0.15, -0.1) is 0 Å². The maximum absolute atomic E-state index is 12.4. The van der Waals surface area contributed by atoms with E-state index < -0.39 is 0 Å². The van der Waals surface area contributed by atoms with E-state index in [-0.39, 0.29) is 16.9 Å². The number of anilines is 1. The van der Waals surface area contributed by atoms with Crippen LogP contribution in [0.5, 0.6) is 0 Å². The highest BCUT2D eigenvalue weighted by Gasteiger charge is 2.18. The Balaban J connectivity index is 2.40. The maximum atomic E-state index is 12.4. The van der Waals surface area contributed by atoms with Gasteiger partial charge in [-0.1, -0.05) is 17.7 Å². The van der Waals surface area contributed by atoms with Crippen LogP contribution in [0.1, 0.15) is 27.2 Å². The molecule has 1 aromatic heterocycles. The number of pyridine rings is 1. The number of carbonyl (C=O) groups is 1. The van der Waals surface area contributed by atoms with Crippen LogP contribution in [0.2, 0.25) is 0 Å². The lowest BCUT2D eigenvalue weighted by atomic mass is 10.1. The lowest BCUT2D eigenvalue weighted by Gasteiger charge is -2.19. The highest BCUT2D eigenvalue weighted by atomic mass is 16.2. The fraction of sp³-hybridized carbons (Fsp3) is 0.250. The molecule has 0 saturated heterocycles. The summed E-state index contributed by atoms with van der Waals surface area (Å²) in [6.45, 7) is 5.73. The summed E-state index contributed by atoms with van der Waals surface area (Å²) in [7, 11) is 1.68. The van der Waals surface area contributed by atoms with E-state index in [0.717, 1.165) is 22.5 Å². The second-order valence-corrected chi connectivity index (χ2v) is 5.05. The fourth-order valence-corrected chi connectivity index (χ4v) is 2.21. The van der Waals surface area contributed by atoms with Gasteiger partial charge >= 0.3 is 0 Å². The average Bonchev–Trinajstić information content (AvgIpc) is 2.37. The third kappa shape index (κ3) is 2.64. The zero-order valence-electron chi connectivity index (χ0n) is 12.2. The summed E-state index contributed by atoms with van der Waals surface area (Å²) in [4.78, 5) is 28.7. The quantitative estimate of drug-likeness (QED) is 0.912. The molecule has 0 aliphatic carbocycles. The minimum atomic E-state index is -0.307. The van der Waals surface area contributed by atoms with Crippen molar-refractivity contribution >= 4 is 11.6 Å². The number of aryl methyl sites for hydroxylation is 3. The van der Waals surface area contributed by atoms with E-state index in [4.69, 9.17) is 0 Å². The van der Waals surface area contributed by atoms with Crippen LogP contribution in [0, 0.1) is 20.8 Å². The second kappa shape index (κ2) is 5.33. The van der Waals surface area contributed by atoms with Gasteiger partial charge in [-0.3, -0.25) is 9.59 Å². The van der Waals surface area contributed by atoms with Gasteiger partial charge in [-0.25, -0.2) is 0 Å². The molecule has 2 aromatic rings. The Kier molecular flexibility index (Phi) is 3.74. The van der Waals surface area contributed by atoms with Crippen molar-refractivity contribution in [2.45, 2.75) is 20.8 Å². The molecule has 4 nitrogen and oxygen atoms in total. The first-order valence-electron chi connectivity index (χ1n) is 6.45. The van der Waals surface area contributed by atoms with Crippen molar-refractivity contribution in [3.05, 3.63) is 63.1 Å². The van der Waals surface area contributed by atoms with Crippen molar-refractivity contribution in [1.82, 2.24) is 4.98 Å². The lowest BCUT2D eigenvalue weighted by molar-refractivity contribution is 0.0991. The van der Waals surface area contributed by atoms with Crippen LogP contribution in [0.15, 0.2) is 35.3 Å². The van der Waals surface area contributed by atoms with Crippen LogP contribution >= 0.6 is 0 Å². The number of nitrogens with zero attached hydrogens (tertiary/aromatic N) is 1. The molecule has 0 bridgehead atoms. The van der Waals surface area contributed by atoms with Crippen LogP contribution in [-0.2, 0) is 0 Å². The zero-order chi connectivity index (χ0) is 14.9. The number of benzene rings is 1. The minimum absolute atomic E-state index is 0.151. The number of H-pyrrole nitrogens is 1. The molecule has 0 atom stereocenters. The molecule has 0 aliphatic heterocycles. The van der Waals surface area contributed by atoms with Gasteiger partial charge in [0.1, 0.15) is 5.56 Å². The summed E-state index contributed by atoms with van der Waals surface area (Å²) in [5, 5.41) is 0. The number of nitrogens with one attached hydrogen (secondary N) is 1. The number of rotatable bonds is 2. The molecule has 2 rings (SSSR count). The summed E-state index contributed by atoms with van der Waals surface area (Å²) in [5.41, 5.74) is 3.58. The van der Waals surface area contributed by atoms with E-state index in [1.165, 1.54) is 17.2 Å². The van der Waals surface area contributed by atoms with Gasteiger partial charge in [0.25, 0.3) is 5.91 Å². The summed E-state index contributed by atoms with van der Waals surface area (Å²) in [6.07, 6.45) is 1.47. The molecule has 0 radical (unpaired) electrons. The monoisotopic (exact) mass is 270 g/mol. The normalized spacial score (nSPS) is 10.4. The van der Waals surface area contributed by atoms with E-state index >= 15 is 0 Å². The predicted octanol–water partition coefficient (Wildman–Crippen LogP) is 2.58. The SMILES string of the molecule is Cc1ccc(N(C)C(=O)c2c[nH]c(C)cc2=O)c(C)c1. The van der Waals surface area contributed by atoms with Crippen LogP contribution in [0.25, 0.3) is 0 Å². The van der Waals surface area contributed by atoms with Crippen LogP contribution in [-0.4, -0.2) is 17.9 Å². The molecule has 1 N–H and O–H groups in total. The molecule has 0 unspecified atom stereocenters. The van der Waals surface area contributed by atoms with E-state index in [1.807, 2.05) is 32.0 Å². The van der Waals surface area contributed by atoms with Gasteiger partial charge in [-0.2, -0.15) is 0 Å². The van der Waals surface area contributed by atoms with Crippen LogP contribution < -0.4 is 10.3 Å². The molecule has 0 spiro atoms. The first kappa shape index (κ1) is 14.1. The van der Waals surface area contributed by atoms with Crippen molar-refractivity contribution < 1.29 is 4.79 Å². The third-order valence-corrected chi connectivity index (χ3v) is 3.31. The summed E-state index contributed by atoms with van der Waals surface area (Å²) in [5.74, 6) is -0.307. The molecule has 0 saturated carbocycles. The second-order valence-electron chi connectivity index (χ2n) is 5.05. The number of aromatic amines is 1. The van der Waals surface area contributed by atoms with Crippen molar-refractivity contribution in [2.75, 3.05) is 11.9 Å².